The molecule has 1 fully saturated rings. The third-order valence-electron chi connectivity index (χ3n) is 3.83. The van der Waals surface area contributed by atoms with Gasteiger partial charge in [-0.3, -0.25) is 0 Å². The van der Waals surface area contributed by atoms with Gasteiger partial charge in [0.05, 0.1) is 18.8 Å². The van der Waals surface area contributed by atoms with Gasteiger partial charge in [0.25, 0.3) is 0 Å². The first-order valence-corrected chi connectivity index (χ1v) is 7.01. The van der Waals surface area contributed by atoms with Gasteiger partial charge in [0, 0.05) is 13.5 Å². The summed E-state index contributed by atoms with van der Waals surface area (Å²) in [7, 11) is 1.71. The van der Waals surface area contributed by atoms with Crippen molar-refractivity contribution in [3.63, 3.8) is 0 Å². The quantitative estimate of drug-likeness (QED) is 0.814. The molecule has 3 heteroatoms. The third-order valence-corrected chi connectivity index (χ3v) is 3.83. The van der Waals surface area contributed by atoms with E-state index < -0.39 is 5.79 Å². The number of hydrogen-bond donors (Lipinski definition) is 0. The number of benzene rings is 1. The molecule has 0 bridgehead atoms. The summed E-state index contributed by atoms with van der Waals surface area (Å²) in [5, 5.41) is 0. The molecule has 0 aliphatic carbocycles. The fourth-order valence-corrected chi connectivity index (χ4v) is 2.45. The Morgan fingerprint density at radius 2 is 2.11 bits per heavy atom. The predicted molar refractivity (Wildman–Crippen MR) is 74.8 cm³/mol. The highest BCUT2D eigenvalue weighted by Gasteiger charge is 2.35. The third kappa shape index (κ3) is 4.03. The van der Waals surface area contributed by atoms with Gasteiger partial charge in [0.2, 0.25) is 0 Å². The molecular formula is C16H24O3. The average Bonchev–Trinajstić information content (AvgIpc) is 2.46. The SMILES string of the molecule is COC1(C)CCCC(C(C)OCc2ccccc2)O1. The van der Waals surface area contributed by atoms with Crippen molar-refractivity contribution in [3.8, 4) is 0 Å². The number of methoxy groups -OCH3 is 1. The maximum atomic E-state index is 6.03. The van der Waals surface area contributed by atoms with Crippen LogP contribution >= 0.6 is 0 Å². The molecule has 3 unspecified atom stereocenters. The van der Waals surface area contributed by atoms with Crippen LogP contribution in [-0.4, -0.2) is 25.1 Å². The maximum absolute atomic E-state index is 6.03. The van der Waals surface area contributed by atoms with Gasteiger partial charge in [-0.25, -0.2) is 0 Å². The first-order valence-electron chi connectivity index (χ1n) is 7.01. The van der Waals surface area contributed by atoms with Crippen molar-refractivity contribution in [3.05, 3.63) is 35.9 Å². The maximum Gasteiger partial charge on any atom is 0.165 e. The van der Waals surface area contributed by atoms with Crippen LogP contribution < -0.4 is 0 Å². The minimum absolute atomic E-state index is 0.0787. The van der Waals surface area contributed by atoms with Gasteiger partial charge in [-0.2, -0.15) is 0 Å². The monoisotopic (exact) mass is 264 g/mol. The molecule has 106 valence electrons. The fraction of sp³-hybridized carbons (Fsp3) is 0.625. The van der Waals surface area contributed by atoms with Crippen LogP contribution in [0, 0.1) is 0 Å². The van der Waals surface area contributed by atoms with Crippen molar-refractivity contribution in [1.82, 2.24) is 0 Å². The molecule has 1 heterocycles. The number of hydrogen-bond acceptors (Lipinski definition) is 3. The Morgan fingerprint density at radius 3 is 2.79 bits per heavy atom. The Kier molecular flexibility index (Phi) is 4.97. The summed E-state index contributed by atoms with van der Waals surface area (Å²) in [6.45, 7) is 4.71. The van der Waals surface area contributed by atoms with Crippen molar-refractivity contribution in [2.45, 2.75) is 57.7 Å². The lowest BCUT2D eigenvalue weighted by atomic mass is 9.99. The van der Waals surface area contributed by atoms with Gasteiger partial charge in [-0.1, -0.05) is 30.3 Å². The van der Waals surface area contributed by atoms with Crippen LogP contribution in [0.25, 0.3) is 0 Å². The summed E-state index contributed by atoms with van der Waals surface area (Å²) in [6.07, 6.45) is 3.30. The Morgan fingerprint density at radius 1 is 1.37 bits per heavy atom. The second kappa shape index (κ2) is 6.51. The van der Waals surface area contributed by atoms with E-state index in [4.69, 9.17) is 14.2 Å². The number of ether oxygens (including phenoxy) is 3. The molecule has 3 nitrogen and oxygen atoms in total. The number of rotatable bonds is 5. The van der Waals surface area contributed by atoms with Crippen LogP contribution in [-0.2, 0) is 20.8 Å². The molecule has 1 aliphatic heterocycles. The van der Waals surface area contributed by atoms with Crippen LogP contribution in [0.4, 0.5) is 0 Å². The van der Waals surface area contributed by atoms with E-state index in [-0.39, 0.29) is 12.2 Å². The molecule has 1 aromatic carbocycles. The zero-order valence-corrected chi connectivity index (χ0v) is 12.1. The molecule has 0 saturated carbocycles. The Bertz CT molecular complexity index is 379. The minimum atomic E-state index is -0.451. The summed E-state index contributed by atoms with van der Waals surface area (Å²) >= 11 is 0. The van der Waals surface area contributed by atoms with Crippen molar-refractivity contribution >= 4 is 0 Å². The first-order chi connectivity index (χ1) is 9.13. The van der Waals surface area contributed by atoms with Crippen molar-refractivity contribution in [2.75, 3.05) is 7.11 Å². The summed E-state index contributed by atoms with van der Waals surface area (Å²) in [5.74, 6) is -0.451. The Labute approximate surface area is 115 Å². The van der Waals surface area contributed by atoms with E-state index in [2.05, 4.69) is 19.1 Å². The molecule has 0 spiro atoms. The highest BCUT2D eigenvalue weighted by Crippen LogP contribution is 2.31. The van der Waals surface area contributed by atoms with Crippen molar-refractivity contribution in [2.24, 2.45) is 0 Å². The average molecular weight is 264 g/mol. The van der Waals surface area contributed by atoms with E-state index in [1.807, 2.05) is 25.1 Å². The van der Waals surface area contributed by atoms with E-state index in [9.17, 15) is 0 Å². The molecule has 0 radical (unpaired) electrons. The van der Waals surface area contributed by atoms with Crippen molar-refractivity contribution < 1.29 is 14.2 Å². The summed E-state index contributed by atoms with van der Waals surface area (Å²) in [6, 6.07) is 10.2. The van der Waals surface area contributed by atoms with Crippen molar-refractivity contribution in [1.29, 1.82) is 0 Å². The van der Waals surface area contributed by atoms with Gasteiger partial charge in [0.1, 0.15) is 0 Å². The minimum Gasteiger partial charge on any atom is -0.371 e. The van der Waals surface area contributed by atoms with Gasteiger partial charge in [-0.15, -0.1) is 0 Å². The lowest BCUT2D eigenvalue weighted by molar-refractivity contribution is -0.275. The highest BCUT2D eigenvalue weighted by molar-refractivity contribution is 5.13. The van der Waals surface area contributed by atoms with E-state index in [0.717, 1.165) is 19.3 Å². The normalized spacial score (nSPS) is 29.1. The van der Waals surface area contributed by atoms with Gasteiger partial charge < -0.3 is 14.2 Å². The molecule has 0 aromatic heterocycles. The van der Waals surface area contributed by atoms with Crippen LogP contribution in [0.2, 0.25) is 0 Å². The Hall–Kier alpha value is -0.900. The van der Waals surface area contributed by atoms with E-state index in [1.54, 1.807) is 7.11 Å². The Balaban J connectivity index is 1.84. The predicted octanol–water partition coefficient (Wildman–Crippen LogP) is 3.52. The second-order valence-corrected chi connectivity index (χ2v) is 5.39. The summed E-state index contributed by atoms with van der Waals surface area (Å²) in [4.78, 5) is 0. The van der Waals surface area contributed by atoms with E-state index in [1.165, 1.54) is 5.56 Å². The summed E-state index contributed by atoms with van der Waals surface area (Å²) < 4.78 is 17.4. The standard InChI is InChI=1S/C16H24O3/c1-13(18-12-14-8-5-4-6-9-14)15-10-7-11-16(2,17-3)19-15/h4-6,8-9,13,15H,7,10-12H2,1-3H3. The zero-order valence-electron chi connectivity index (χ0n) is 12.1. The van der Waals surface area contributed by atoms with Crippen LogP contribution in [0.5, 0.6) is 0 Å². The lowest BCUT2D eigenvalue weighted by Gasteiger charge is -2.39. The smallest absolute Gasteiger partial charge is 0.165 e. The largest absolute Gasteiger partial charge is 0.371 e. The van der Waals surface area contributed by atoms with Gasteiger partial charge in [-0.05, 0) is 32.3 Å². The highest BCUT2D eigenvalue weighted by atomic mass is 16.7. The molecule has 1 aliphatic rings. The van der Waals surface area contributed by atoms with E-state index in [0.29, 0.717) is 6.61 Å². The molecule has 1 saturated heterocycles. The molecule has 1 aromatic rings. The second-order valence-electron chi connectivity index (χ2n) is 5.39. The molecule has 0 amide bonds. The van der Waals surface area contributed by atoms with Crippen LogP contribution in [0.15, 0.2) is 30.3 Å². The fourth-order valence-electron chi connectivity index (χ4n) is 2.45. The van der Waals surface area contributed by atoms with Crippen LogP contribution in [0.3, 0.4) is 0 Å². The lowest BCUT2D eigenvalue weighted by Crippen LogP contribution is -2.44. The molecule has 0 N–H and O–H groups in total. The topological polar surface area (TPSA) is 27.7 Å². The molecule has 2 rings (SSSR count). The van der Waals surface area contributed by atoms with Crippen LogP contribution in [0.1, 0.15) is 38.7 Å². The zero-order chi connectivity index (χ0) is 13.7. The summed E-state index contributed by atoms with van der Waals surface area (Å²) in [5.41, 5.74) is 1.19. The molecule has 3 atom stereocenters. The van der Waals surface area contributed by atoms with Gasteiger partial charge >= 0.3 is 0 Å². The molecular weight excluding hydrogens is 240 g/mol. The van der Waals surface area contributed by atoms with E-state index >= 15 is 0 Å². The first kappa shape index (κ1) is 14.5. The molecule has 19 heavy (non-hydrogen) atoms. The van der Waals surface area contributed by atoms with Gasteiger partial charge in [0.15, 0.2) is 5.79 Å².